The summed E-state index contributed by atoms with van der Waals surface area (Å²) < 4.78 is 15.4. The molecule has 0 spiro atoms. The topological polar surface area (TPSA) is 46.9 Å². The van der Waals surface area contributed by atoms with Crippen LogP contribution in [-0.4, -0.2) is 22.0 Å². The number of amides is 1. The highest BCUT2D eigenvalue weighted by Gasteiger charge is 2.11. The predicted octanol–water partition coefficient (Wildman–Crippen LogP) is 4.89. The summed E-state index contributed by atoms with van der Waals surface area (Å²) in [4.78, 5) is 17.1. The highest BCUT2D eigenvalue weighted by Crippen LogP contribution is 2.19. The molecule has 4 rings (SSSR count). The molecule has 0 fully saturated rings. The van der Waals surface area contributed by atoms with Gasteiger partial charge in [0.05, 0.1) is 11.0 Å². The molecule has 0 radical (unpaired) electrons. The van der Waals surface area contributed by atoms with Gasteiger partial charge in [-0.1, -0.05) is 42.0 Å². The monoisotopic (exact) mass is 401 g/mol. The maximum atomic E-state index is 13.3. The average molecular weight is 401 g/mol. The van der Waals surface area contributed by atoms with Gasteiger partial charge in [-0.25, -0.2) is 9.37 Å². The number of halogens is 1. The van der Waals surface area contributed by atoms with Gasteiger partial charge >= 0.3 is 0 Å². The van der Waals surface area contributed by atoms with Crippen molar-refractivity contribution in [1.29, 1.82) is 0 Å². The Morgan fingerprint density at radius 3 is 2.50 bits per heavy atom. The number of imidazole rings is 1. The molecule has 0 bridgehead atoms. The van der Waals surface area contributed by atoms with Gasteiger partial charge < -0.3 is 9.88 Å². The molecule has 4 nitrogen and oxygen atoms in total. The highest BCUT2D eigenvalue weighted by molar-refractivity contribution is 5.94. The first-order valence-electron chi connectivity index (χ1n) is 10.1. The molecule has 1 amide bonds. The summed E-state index contributed by atoms with van der Waals surface area (Å²) in [6.45, 7) is 3.21. The third-order valence-electron chi connectivity index (χ3n) is 5.16. The van der Waals surface area contributed by atoms with E-state index < -0.39 is 0 Å². The average Bonchev–Trinajstić information content (AvgIpc) is 3.10. The lowest BCUT2D eigenvalue weighted by atomic mass is 10.1. The van der Waals surface area contributed by atoms with Crippen molar-refractivity contribution in [3.05, 3.63) is 101 Å². The number of fused-ring (bicyclic) bond motifs is 1. The number of benzene rings is 3. The van der Waals surface area contributed by atoms with Gasteiger partial charge in [-0.15, -0.1) is 0 Å². The second-order valence-corrected chi connectivity index (χ2v) is 7.45. The molecule has 3 aromatic carbocycles. The number of nitrogens with zero attached hydrogens (tertiary/aromatic N) is 2. The number of carbonyl (C=O) groups excluding carboxylic acids is 1. The van der Waals surface area contributed by atoms with Crippen molar-refractivity contribution < 1.29 is 9.18 Å². The third-order valence-corrected chi connectivity index (χ3v) is 5.16. The van der Waals surface area contributed by atoms with Crippen LogP contribution in [-0.2, 0) is 13.0 Å². The fraction of sp³-hybridized carbons (Fsp3) is 0.200. The zero-order chi connectivity index (χ0) is 20.9. The molecule has 1 heterocycles. The lowest BCUT2D eigenvalue weighted by molar-refractivity contribution is 0.0953. The van der Waals surface area contributed by atoms with Crippen LogP contribution in [0.5, 0.6) is 0 Å². The standard InChI is InChI=1S/C25H24FN3O/c1-18-8-12-20(13-9-18)25(30)27-16-4-7-24-28-22-5-2-3-6-23(22)29(24)17-19-10-14-21(26)15-11-19/h2-3,5-6,8-15H,4,7,16-17H2,1H3,(H,27,30). The number of hydrogen-bond acceptors (Lipinski definition) is 2. The van der Waals surface area contributed by atoms with Crippen molar-refractivity contribution in [1.82, 2.24) is 14.9 Å². The van der Waals surface area contributed by atoms with Crippen LogP contribution in [0.3, 0.4) is 0 Å². The van der Waals surface area contributed by atoms with Gasteiger partial charge in [0.2, 0.25) is 0 Å². The van der Waals surface area contributed by atoms with Crippen LogP contribution in [0.2, 0.25) is 0 Å². The van der Waals surface area contributed by atoms with E-state index >= 15 is 0 Å². The van der Waals surface area contributed by atoms with Crippen LogP contribution in [0.15, 0.2) is 72.8 Å². The van der Waals surface area contributed by atoms with Crippen LogP contribution in [0, 0.1) is 12.7 Å². The van der Waals surface area contributed by atoms with Gasteiger partial charge in [0, 0.05) is 25.1 Å². The van der Waals surface area contributed by atoms with Crippen LogP contribution in [0.4, 0.5) is 4.39 Å². The largest absolute Gasteiger partial charge is 0.352 e. The minimum absolute atomic E-state index is 0.0604. The fourth-order valence-corrected chi connectivity index (χ4v) is 3.52. The molecule has 0 atom stereocenters. The second kappa shape index (κ2) is 8.91. The summed E-state index contributed by atoms with van der Waals surface area (Å²) >= 11 is 0. The van der Waals surface area contributed by atoms with Crippen molar-refractivity contribution in [3.63, 3.8) is 0 Å². The van der Waals surface area contributed by atoms with Crippen LogP contribution >= 0.6 is 0 Å². The zero-order valence-corrected chi connectivity index (χ0v) is 16.9. The van der Waals surface area contributed by atoms with E-state index in [2.05, 4.69) is 16.0 Å². The fourth-order valence-electron chi connectivity index (χ4n) is 3.52. The Morgan fingerprint density at radius 2 is 1.73 bits per heavy atom. The second-order valence-electron chi connectivity index (χ2n) is 7.45. The maximum Gasteiger partial charge on any atom is 0.251 e. The molecule has 0 aliphatic rings. The molecule has 30 heavy (non-hydrogen) atoms. The smallest absolute Gasteiger partial charge is 0.251 e. The first kappa shape index (κ1) is 19.8. The van der Waals surface area contributed by atoms with Crippen LogP contribution in [0.25, 0.3) is 11.0 Å². The van der Waals surface area contributed by atoms with Gasteiger partial charge in [-0.3, -0.25) is 4.79 Å². The number of hydrogen-bond donors (Lipinski definition) is 1. The Hall–Kier alpha value is -3.47. The summed E-state index contributed by atoms with van der Waals surface area (Å²) in [7, 11) is 0. The van der Waals surface area contributed by atoms with Gasteiger partial charge in [-0.2, -0.15) is 0 Å². The number of carbonyl (C=O) groups is 1. The SMILES string of the molecule is Cc1ccc(C(=O)NCCCc2nc3ccccc3n2Cc2ccc(F)cc2)cc1. The normalized spacial score (nSPS) is 11.0. The molecule has 152 valence electrons. The molecule has 0 saturated heterocycles. The van der Waals surface area contributed by atoms with E-state index in [0.29, 0.717) is 18.7 Å². The van der Waals surface area contributed by atoms with Gasteiger partial charge in [0.1, 0.15) is 11.6 Å². The lowest BCUT2D eigenvalue weighted by Crippen LogP contribution is -2.25. The van der Waals surface area contributed by atoms with E-state index in [9.17, 15) is 9.18 Å². The third kappa shape index (κ3) is 4.57. The molecule has 0 unspecified atom stereocenters. The number of para-hydroxylation sites is 2. The summed E-state index contributed by atoms with van der Waals surface area (Å²) in [5.74, 6) is 0.665. The van der Waals surface area contributed by atoms with Crippen molar-refractivity contribution in [3.8, 4) is 0 Å². The van der Waals surface area contributed by atoms with Crippen molar-refractivity contribution >= 4 is 16.9 Å². The van der Waals surface area contributed by atoms with Gasteiger partial charge in [0.15, 0.2) is 0 Å². The summed E-state index contributed by atoms with van der Waals surface area (Å²) in [6.07, 6.45) is 1.52. The summed E-state index contributed by atoms with van der Waals surface area (Å²) in [5.41, 5.74) is 4.82. The van der Waals surface area contributed by atoms with Gasteiger partial charge in [0.25, 0.3) is 5.91 Å². The molecule has 5 heteroatoms. The zero-order valence-electron chi connectivity index (χ0n) is 16.9. The first-order valence-corrected chi connectivity index (χ1v) is 10.1. The minimum Gasteiger partial charge on any atom is -0.352 e. The minimum atomic E-state index is -0.237. The molecule has 4 aromatic rings. The molecule has 0 saturated carbocycles. The van der Waals surface area contributed by atoms with E-state index in [-0.39, 0.29) is 11.7 Å². The summed E-state index contributed by atoms with van der Waals surface area (Å²) in [5, 5.41) is 2.98. The lowest BCUT2D eigenvalue weighted by Gasteiger charge is -2.10. The Labute approximate surface area is 175 Å². The highest BCUT2D eigenvalue weighted by atomic mass is 19.1. The first-order chi connectivity index (χ1) is 14.6. The van der Waals surface area contributed by atoms with E-state index in [0.717, 1.165) is 40.8 Å². The van der Waals surface area contributed by atoms with E-state index in [1.807, 2.05) is 49.4 Å². The molecule has 1 N–H and O–H groups in total. The van der Waals surface area contributed by atoms with Crippen molar-refractivity contribution in [2.24, 2.45) is 0 Å². The molecule has 1 aromatic heterocycles. The van der Waals surface area contributed by atoms with Gasteiger partial charge in [-0.05, 0) is 55.3 Å². The van der Waals surface area contributed by atoms with Crippen LogP contribution in [0.1, 0.15) is 33.7 Å². The van der Waals surface area contributed by atoms with Crippen LogP contribution < -0.4 is 5.32 Å². The predicted molar refractivity (Wildman–Crippen MR) is 117 cm³/mol. The molecule has 0 aliphatic carbocycles. The van der Waals surface area contributed by atoms with E-state index in [1.54, 1.807) is 12.1 Å². The number of rotatable bonds is 7. The molecule has 0 aliphatic heterocycles. The number of nitrogens with one attached hydrogen (secondary N) is 1. The number of aromatic nitrogens is 2. The van der Waals surface area contributed by atoms with E-state index in [4.69, 9.17) is 4.98 Å². The van der Waals surface area contributed by atoms with Crippen molar-refractivity contribution in [2.75, 3.05) is 6.54 Å². The van der Waals surface area contributed by atoms with Crippen molar-refractivity contribution in [2.45, 2.75) is 26.3 Å². The molecular formula is C25H24FN3O. The Balaban J connectivity index is 1.43. The summed E-state index contributed by atoms with van der Waals surface area (Å²) in [6, 6.07) is 22.1. The van der Waals surface area contributed by atoms with E-state index in [1.165, 1.54) is 12.1 Å². The maximum absolute atomic E-state index is 13.3. The molecular weight excluding hydrogens is 377 g/mol. The number of aryl methyl sites for hydroxylation is 2. The Kier molecular flexibility index (Phi) is 5.89. The Morgan fingerprint density at radius 1 is 1.00 bits per heavy atom. The Bertz CT molecular complexity index is 1150. The quantitative estimate of drug-likeness (QED) is 0.448.